The van der Waals surface area contributed by atoms with Gasteiger partial charge in [0.1, 0.15) is 5.58 Å². The van der Waals surface area contributed by atoms with Gasteiger partial charge in [0, 0.05) is 16.6 Å². The number of nitrogens with one attached hydrogen (secondary N) is 2. The molecule has 1 heterocycles. The summed E-state index contributed by atoms with van der Waals surface area (Å²) < 4.78 is 5.43. The highest BCUT2D eigenvalue weighted by molar-refractivity contribution is 7.80. The molecule has 4 aromatic rings. The monoisotopic (exact) mass is 428 g/mol. The molecule has 0 aliphatic rings. The van der Waals surface area contributed by atoms with Crippen molar-refractivity contribution in [2.75, 3.05) is 5.32 Å². The second-order valence-corrected chi connectivity index (χ2v) is 7.76. The second-order valence-electron chi connectivity index (χ2n) is 7.35. The number of aryl methyl sites for hydroxylation is 2. The summed E-state index contributed by atoms with van der Waals surface area (Å²) in [4.78, 5) is 25.0. The fraction of sp³-hybridized carbons (Fsp3) is 0.0800. The molecular formula is C25H20N2O3S. The molecule has 6 heteroatoms. The van der Waals surface area contributed by atoms with Crippen molar-refractivity contribution < 1.29 is 9.21 Å². The van der Waals surface area contributed by atoms with Crippen LogP contribution in [0.15, 0.2) is 82.0 Å². The van der Waals surface area contributed by atoms with E-state index in [9.17, 15) is 9.59 Å². The lowest BCUT2D eigenvalue weighted by atomic mass is 10.1. The Balaban J connectivity index is 1.54. The first-order chi connectivity index (χ1) is 14.9. The van der Waals surface area contributed by atoms with Crippen LogP contribution < -0.4 is 16.3 Å². The molecule has 0 fully saturated rings. The number of hydrogen-bond acceptors (Lipinski definition) is 4. The minimum absolute atomic E-state index is 0.173. The number of rotatable bonds is 3. The van der Waals surface area contributed by atoms with Crippen LogP contribution in [0.3, 0.4) is 0 Å². The van der Waals surface area contributed by atoms with E-state index in [1.807, 2.05) is 56.3 Å². The zero-order valence-corrected chi connectivity index (χ0v) is 17.9. The number of thiocarbonyl (C=S) groups is 1. The fourth-order valence-corrected chi connectivity index (χ4v) is 3.68. The summed E-state index contributed by atoms with van der Waals surface area (Å²) in [6, 6.07) is 22.0. The van der Waals surface area contributed by atoms with Gasteiger partial charge in [0.05, 0.1) is 5.56 Å². The van der Waals surface area contributed by atoms with Crippen molar-refractivity contribution in [2.24, 2.45) is 0 Å². The molecule has 1 amide bonds. The zero-order chi connectivity index (χ0) is 22.0. The molecule has 1 aromatic heterocycles. The molecular weight excluding hydrogens is 408 g/mol. The highest BCUT2D eigenvalue weighted by atomic mass is 32.1. The summed E-state index contributed by atoms with van der Waals surface area (Å²) in [6.45, 7) is 3.88. The van der Waals surface area contributed by atoms with Crippen molar-refractivity contribution in [2.45, 2.75) is 13.8 Å². The number of anilines is 1. The van der Waals surface area contributed by atoms with Gasteiger partial charge in [-0.2, -0.15) is 0 Å². The zero-order valence-electron chi connectivity index (χ0n) is 17.1. The molecule has 31 heavy (non-hydrogen) atoms. The first-order valence-corrected chi connectivity index (χ1v) is 10.1. The van der Waals surface area contributed by atoms with Crippen molar-refractivity contribution in [3.05, 3.63) is 99.9 Å². The molecule has 0 unspecified atom stereocenters. The predicted octanol–water partition coefficient (Wildman–Crippen LogP) is 5.20. The molecule has 0 spiro atoms. The van der Waals surface area contributed by atoms with Crippen LogP contribution in [0, 0.1) is 13.8 Å². The van der Waals surface area contributed by atoms with Gasteiger partial charge in [-0.05, 0) is 68.0 Å². The van der Waals surface area contributed by atoms with Gasteiger partial charge in [0.25, 0.3) is 5.91 Å². The molecule has 2 N–H and O–H groups in total. The van der Waals surface area contributed by atoms with E-state index in [2.05, 4.69) is 10.6 Å². The SMILES string of the molecule is Cc1cc(C)cc(C(=O)NC(=S)Nc2cccc(-c3cc4ccccc4oc3=O)c2)c1. The van der Waals surface area contributed by atoms with Crippen molar-refractivity contribution in [3.63, 3.8) is 0 Å². The summed E-state index contributed by atoms with van der Waals surface area (Å²) in [6.07, 6.45) is 0. The molecule has 0 aliphatic carbocycles. The summed E-state index contributed by atoms with van der Waals surface area (Å²) in [5, 5.41) is 6.71. The minimum atomic E-state index is -0.415. The third kappa shape index (κ3) is 4.70. The van der Waals surface area contributed by atoms with E-state index in [1.165, 1.54) is 0 Å². The van der Waals surface area contributed by atoms with E-state index >= 15 is 0 Å². The summed E-state index contributed by atoms with van der Waals surface area (Å²) in [5.41, 5.74) is 4.47. The van der Waals surface area contributed by atoms with E-state index in [4.69, 9.17) is 16.6 Å². The maximum absolute atomic E-state index is 12.5. The fourth-order valence-electron chi connectivity index (χ4n) is 3.47. The van der Waals surface area contributed by atoms with Gasteiger partial charge in [-0.3, -0.25) is 10.1 Å². The number of carbonyl (C=O) groups is 1. The number of para-hydroxylation sites is 1. The van der Waals surface area contributed by atoms with Gasteiger partial charge in [-0.1, -0.05) is 47.5 Å². The average Bonchev–Trinajstić information content (AvgIpc) is 2.72. The Bertz CT molecular complexity index is 1350. The van der Waals surface area contributed by atoms with Gasteiger partial charge in [0.15, 0.2) is 5.11 Å². The molecule has 5 nitrogen and oxygen atoms in total. The summed E-state index contributed by atoms with van der Waals surface area (Å²) in [7, 11) is 0. The second kappa shape index (κ2) is 8.53. The molecule has 0 bridgehead atoms. The van der Waals surface area contributed by atoms with Crippen molar-refractivity contribution >= 4 is 39.9 Å². The van der Waals surface area contributed by atoms with E-state index in [1.54, 1.807) is 30.3 Å². The Labute approximate surface area is 184 Å². The molecule has 0 saturated carbocycles. The summed E-state index contributed by atoms with van der Waals surface area (Å²) >= 11 is 5.30. The maximum atomic E-state index is 12.5. The first kappa shape index (κ1) is 20.5. The lowest BCUT2D eigenvalue weighted by Gasteiger charge is -2.11. The highest BCUT2D eigenvalue weighted by Gasteiger charge is 2.11. The van der Waals surface area contributed by atoms with Crippen LogP contribution in [0.2, 0.25) is 0 Å². The van der Waals surface area contributed by atoms with Crippen LogP contribution in [0.25, 0.3) is 22.1 Å². The van der Waals surface area contributed by atoms with Gasteiger partial charge >= 0.3 is 5.63 Å². The van der Waals surface area contributed by atoms with E-state index < -0.39 is 5.63 Å². The van der Waals surface area contributed by atoms with Crippen molar-refractivity contribution in [3.8, 4) is 11.1 Å². The molecule has 3 aromatic carbocycles. The number of hydrogen-bond donors (Lipinski definition) is 2. The Kier molecular flexibility index (Phi) is 5.64. The lowest BCUT2D eigenvalue weighted by Crippen LogP contribution is -2.34. The third-order valence-electron chi connectivity index (χ3n) is 4.78. The largest absolute Gasteiger partial charge is 0.422 e. The number of carbonyl (C=O) groups excluding carboxylic acids is 1. The Morgan fingerprint density at radius 3 is 2.42 bits per heavy atom. The Morgan fingerprint density at radius 2 is 1.65 bits per heavy atom. The molecule has 0 atom stereocenters. The van der Waals surface area contributed by atoms with Gasteiger partial charge in [-0.25, -0.2) is 4.79 Å². The van der Waals surface area contributed by atoms with E-state index in [0.29, 0.717) is 28.0 Å². The number of benzene rings is 3. The van der Waals surface area contributed by atoms with Crippen LogP contribution >= 0.6 is 12.2 Å². The molecule has 4 rings (SSSR count). The minimum Gasteiger partial charge on any atom is -0.422 e. The molecule has 0 aliphatic heterocycles. The van der Waals surface area contributed by atoms with Crippen LogP contribution in [-0.2, 0) is 0 Å². The maximum Gasteiger partial charge on any atom is 0.344 e. The lowest BCUT2D eigenvalue weighted by molar-refractivity contribution is 0.0977. The topological polar surface area (TPSA) is 71.3 Å². The molecule has 154 valence electrons. The number of fused-ring (bicyclic) bond motifs is 1. The van der Waals surface area contributed by atoms with Crippen LogP contribution in [-0.4, -0.2) is 11.0 Å². The van der Waals surface area contributed by atoms with E-state index in [0.717, 1.165) is 16.5 Å². The average molecular weight is 429 g/mol. The quantitative estimate of drug-likeness (QED) is 0.347. The van der Waals surface area contributed by atoms with Crippen LogP contribution in [0.1, 0.15) is 21.5 Å². The highest BCUT2D eigenvalue weighted by Crippen LogP contribution is 2.23. The standard InChI is InChI=1S/C25H20N2O3S/c1-15-10-16(2)12-19(11-15)23(28)27-25(31)26-20-8-5-7-17(13-20)21-14-18-6-3-4-9-22(18)30-24(21)29/h3-14H,1-2H3,(H2,26,27,28,31). The predicted molar refractivity (Wildman–Crippen MR) is 128 cm³/mol. The smallest absolute Gasteiger partial charge is 0.344 e. The molecule has 0 radical (unpaired) electrons. The van der Waals surface area contributed by atoms with E-state index in [-0.39, 0.29) is 11.0 Å². The summed E-state index contributed by atoms with van der Waals surface area (Å²) in [5.74, 6) is -0.282. The normalized spacial score (nSPS) is 10.6. The third-order valence-corrected chi connectivity index (χ3v) is 4.99. The van der Waals surface area contributed by atoms with Crippen molar-refractivity contribution in [1.29, 1.82) is 0 Å². The van der Waals surface area contributed by atoms with Gasteiger partial charge in [0.2, 0.25) is 0 Å². The molecule has 0 saturated heterocycles. The first-order valence-electron chi connectivity index (χ1n) is 9.73. The van der Waals surface area contributed by atoms with Crippen LogP contribution in [0.5, 0.6) is 0 Å². The van der Waals surface area contributed by atoms with Gasteiger partial charge in [-0.15, -0.1) is 0 Å². The Hall–Kier alpha value is -3.77. The van der Waals surface area contributed by atoms with Crippen molar-refractivity contribution in [1.82, 2.24) is 5.32 Å². The number of amides is 1. The Morgan fingerprint density at radius 1 is 0.903 bits per heavy atom. The van der Waals surface area contributed by atoms with Gasteiger partial charge < -0.3 is 9.73 Å². The van der Waals surface area contributed by atoms with Crippen LogP contribution in [0.4, 0.5) is 5.69 Å².